The lowest BCUT2D eigenvalue weighted by atomic mass is 10.1. The van der Waals surface area contributed by atoms with E-state index in [0.29, 0.717) is 11.3 Å². The Morgan fingerprint density at radius 3 is 2.71 bits per heavy atom. The van der Waals surface area contributed by atoms with Crippen molar-refractivity contribution in [1.82, 2.24) is 10.3 Å². The summed E-state index contributed by atoms with van der Waals surface area (Å²) in [5, 5.41) is 13.7. The number of hydrogen-bond donors (Lipinski definition) is 4. The number of amides is 1. The highest BCUT2D eigenvalue weighted by molar-refractivity contribution is 7.13. The van der Waals surface area contributed by atoms with Crippen molar-refractivity contribution in [2.45, 2.75) is 18.9 Å². The molecule has 0 fully saturated rings. The maximum atomic E-state index is 12.8. The van der Waals surface area contributed by atoms with Crippen LogP contribution in [0.15, 0.2) is 59.7 Å². The molecule has 1 amide bonds. The molecule has 1 atom stereocenters. The molecule has 1 aromatic heterocycles. The lowest BCUT2D eigenvalue weighted by molar-refractivity contribution is -0.115. The highest BCUT2D eigenvalue weighted by atomic mass is 32.1. The van der Waals surface area contributed by atoms with Gasteiger partial charge in [-0.3, -0.25) is 4.79 Å². The number of nitrogens with one attached hydrogen (secondary N) is 2. The van der Waals surface area contributed by atoms with Gasteiger partial charge in [-0.25, -0.2) is 4.98 Å². The molecule has 0 spiro atoms. The number of thiazole rings is 1. The fourth-order valence-electron chi connectivity index (χ4n) is 1.72. The molecule has 5 N–H and O–H groups in total. The number of anilines is 2. The van der Waals surface area contributed by atoms with Crippen LogP contribution in [0.4, 0.5) is 10.8 Å². The Labute approximate surface area is 192 Å². The quantitative estimate of drug-likeness (QED) is 0.432. The lowest BCUT2D eigenvalue weighted by Gasteiger charge is -2.12. The molecule has 3 rings (SSSR count). The van der Waals surface area contributed by atoms with Crippen LogP contribution in [0.1, 0.15) is 46.2 Å². The van der Waals surface area contributed by atoms with Crippen molar-refractivity contribution in [2.75, 3.05) is 24.0 Å². The first-order chi connectivity index (χ1) is 20.3. The summed E-state index contributed by atoms with van der Waals surface area (Å²) in [6, 6.07) is -8.87. The minimum Gasteiger partial charge on any atom is -0.387 e. The van der Waals surface area contributed by atoms with Gasteiger partial charge in [0.1, 0.15) is 0 Å². The van der Waals surface area contributed by atoms with Crippen molar-refractivity contribution in [1.29, 1.82) is 0 Å². The van der Waals surface area contributed by atoms with E-state index in [4.69, 9.17) is 29.0 Å². The fourth-order valence-corrected chi connectivity index (χ4v) is 2.15. The zero-order valence-electron chi connectivity index (χ0n) is 31.0. The second-order valence-electron chi connectivity index (χ2n) is 4.89. The third kappa shape index (κ3) is 6.16. The second-order valence-corrected chi connectivity index (χ2v) is 5.71. The van der Waals surface area contributed by atoms with Gasteiger partial charge in [0.15, 0.2) is 5.13 Å². The van der Waals surface area contributed by atoms with Gasteiger partial charge in [-0.05, 0) is 36.1 Å². The van der Waals surface area contributed by atoms with Gasteiger partial charge in [-0.15, -0.1) is 11.3 Å². The number of hydrogen-bond acceptors (Lipinski definition) is 6. The number of nitrogens with zero attached hydrogens (tertiary/aromatic N) is 1. The average Bonchev–Trinajstić information content (AvgIpc) is 3.27. The molecule has 3 aromatic rings. The Kier molecular flexibility index (Phi) is 2.71. The molecule has 2 aromatic carbocycles. The minimum absolute atomic E-state index is 0.204. The van der Waals surface area contributed by atoms with Crippen molar-refractivity contribution in [3.63, 3.8) is 0 Å². The molecule has 6 nitrogen and oxygen atoms in total. The van der Waals surface area contributed by atoms with Crippen LogP contribution >= 0.6 is 11.3 Å². The van der Waals surface area contributed by atoms with Crippen LogP contribution in [0.3, 0.4) is 0 Å². The molecular weight excluding hydrogens is 372 g/mol. The number of carbonyl (C=O) groups excluding carboxylic acids is 1. The summed E-state index contributed by atoms with van der Waals surface area (Å²) in [6.45, 7) is -6.69. The van der Waals surface area contributed by atoms with Gasteiger partial charge in [0.25, 0.3) is 0 Å². The van der Waals surface area contributed by atoms with Crippen LogP contribution in [-0.4, -0.2) is 29.0 Å². The highest BCUT2D eigenvalue weighted by Crippen LogP contribution is 2.14. The number of rotatable bonds is 9. The molecule has 146 valence electrons. The first kappa shape index (κ1) is 7.59. The molecule has 28 heavy (non-hydrogen) atoms. The number of aliphatic hydroxyl groups is 1. The number of benzene rings is 2. The maximum Gasteiger partial charge on any atom is 0.230 e. The summed E-state index contributed by atoms with van der Waals surface area (Å²) in [5.74, 6) is -1.51. The predicted octanol–water partition coefficient (Wildman–Crippen LogP) is 2.77. The number of aromatic nitrogens is 1. The van der Waals surface area contributed by atoms with Crippen LogP contribution in [0.2, 0.25) is 0 Å². The highest BCUT2D eigenvalue weighted by Gasteiger charge is 2.08. The molecule has 0 saturated heterocycles. The molecule has 0 aliphatic heterocycles. The summed E-state index contributed by atoms with van der Waals surface area (Å²) >= 11 is 0.586. The fraction of sp³-hybridized carbons (Fsp3) is 0.238. The Balaban J connectivity index is 1.97. The maximum absolute atomic E-state index is 12.8. The van der Waals surface area contributed by atoms with Gasteiger partial charge in [0, 0.05) is 25.8 Å². The van der Waals surface area contributed by atoms with Gasteiger partial charge in [0.2, 0.25) is 5.91 Å². The Morgan fingerprint density at radius 2 is 2.04 bits per heavy atom. The summed E-state index contributed by atoms with van der Waals surface area (Å²) in [4.78, 5) is 16.4. The largest absolute Gasteiger partial charge is 0.387 e. The van der Waals surface area contributed by atoms with E-state index in [1.165, 1.54) is 0 Å². The summed E-state index contributed by atoms with van der Waals surface area (Å²) in [6.07, 6.45) is -7.84. The molecule has 0 radical (unpaired) electrons. The van der Waals surface area contributed by atoms with Gasteiger partial charge in [-0.1, -0.05) is 42.3 Å². The van der Waals surface area contributed by atoms with Crippen molar-refractivity contribution >= 4 is 28.1 Å². The number of nitrogens with two attached hydrogens (primary N) is 1. The second kappa shape index (κ2) is 9.98. The van der Waals surface area contributed by atoms with Gasteiger partial charge in [-0.2, -0.15) is 0 Å². The lowest BCUT2D eigenvalue weighted by Crippen LogP contribution is -2.23. The van der Waals surface area contributed by atoms with Crippen LogP contribution < -0.4 is 16.4 Å². The van der Waals surface area contributed by atoms with Crippen LogP contribution in [0, 0.1) is 0 Å². The molecule has 7 heteroatoms. The third-order valence-corrected chi connectivity index (χ3v) is 3.49. The van der Waals surface area contributed by atoms with E-state index in [2.05, 4.69) is 4.98 Å². The summed E-state index contributed by atoms with van der Waals surface area (Å²) in [7, 11) is 0. The van der Waals surface area contributed by atoms with Gasteiger partial charge in [0.05, 0.1) is 33.2 Å². The minimum atomic E-state index is -3.70. The third-order valence-electron chi connectivity index (χ3n) is 2.89. The van der Waals surface area contributed by atoms with Crippen LogP contribution in [0.25, 0.3) is 0 Å². The first-order valence-electron chi connectivity index (χ1n) is 16.0. The standard InChI is InChI=1S/C21H24N4O2S/c22-21-25-18(14-28-21)12-20(27)24-17-8-6-15(7-9-17)10-11-23-13-19(26)16-4-2-1-3-5-16/h1-9,14,19,23,26H,10-13H2,(H2,22,25)(H,24,27)/t19-/m0/s1/i1D,2D,3D,4D,5D,6D,7D,8D,9D,11D2,12D2,13D2,14D,19D. The van der Waals surface area contributed by atoms with E-state index in [1.54, 1.807) is 5.32 Å². The molecule has 0 saturated carbocycles. The molecule has 0 unspecified atom stereocenters. The van der Waals surface area contributed by atoms with Crippen molar-refractivity contribution in [2.24, 2.45) is 0 Å². The molecule has 0 bridgehead atoms. The van der Waals surface area contributed by atoms with E-state index in [9.17, 15) is 9.90 Å². The van der Waals surface area contributed by atoms with Crippen LogP contribution in [0.5, 0.6) is 0 Å². The zero-order chi connectivity index (χ0) is 34.8. The van der Waals surface area contributed by atoms with E-state index in [0.717, 1.165) is 0 Å². The molecule has 0 aliphatic rings. The van der Waals surface area contributed by atoms with E-state index in [-0.39, 0.29) is 5.13 Å². The van der Waals surface area contributed by atoms with E-state index >= 15 is 0 Å². The van der Waals surface area contributed by atoms with E-state index in [1.807, 2.05) is 5.32 Å². The Morgan fingerprint density at radius 1 is 1.29 bits per heavy atom. The number of nitrogen functional groups attached to an aromatic ring is 1. The summed E-state index contributed by atoms with van der Waals surface area (Å²) in [5.41, 5.74) is 2.13. The first-order valence-corrected chi connectivity index (χ1v) is 8.35. The van der Waals surface area contributed by atoms with Crippen molar-refractivity contribution in [3.05, 3.63) is 76.6 Å². The Bertz CT molecular complexity index is 1640. The number of carbonyl (C=O) groups is 1. The van der Waals surface area contributed by atoms with E-state index < -0.39 is 120 Å². The zero-order valence-corrected chi connectivity index (χ0v) is 14.8. The molecule has 0 aliphatic carbocycles. The normalized spacial score (nSPS) is 23.2. The van der Waals surface area contributed by atoms with Gasteiger partial charge >= 0.3 is 0 Å². The van der Waals surface area contributed by atoms with Crippen molar-refractivity contribution in [3.8, 4) is 0 Å². The van der Waals surface area contributed by atoms with Gasteiger partial charge < -0.3 is 21.5 Å². The molecule has 1 heterocycles. The predicted molar refractivity (Wildman–Crippen MR) is 113 cm³/mol. The van der Waals surface area contributed by atoms with Crippen LogP contribution in [-0.2, 0) is 17.6 Å². The smallest absolute Gasteiger partial charge is 0.230 e. The van der Waals surface area contributed by atoms with Crippen molar-refractivity contribution < 1.29 is 33.2 Å². The SMILES string of the molecule is [2H]c1sc(N)nc1C([2H])([2H])C(=O)Nc1c([2H])c([2H])c(CC([2H])([2H])NC([2H])([2H])[C@]([2H])(O)c2c([2H])c([2H])c([2H])c([2H])c2[2H])c([2H])c1[2H]. The topological polar surface area (TPSA) is 100 Å². The average molecular weight is 414 g/mol. The monoisotopic (exact) mass is 413 g/mol. The Hall–Kier alpha value is -2.74. The summed E-state index contributed by atoms with van der Waals surface area (Å²) < 4.78 is 137. The molecular formula is C21H24N4O2S.